The molecule has 0 amide bonds. The Bertz CT molecular complexity index is 764. The Morgan fingerprint density at radius 3 is 2.36 bits per heavy atom. The van der Waals surface area contributed by atoms with Crippen LogP contribution in [0.1, 0.15) is 83.0 Å². The fourth-order valence-corrected chi connectivity index (χ4v) is 3.39. The quantitative estimate of drug-likeness (QED) is 0.471. The van der Waals surface area contributed by atoms with Gasteiger partial charge in [-0.05, 0) is 84.4 Å². The first-order valence-electron chi connectivity index (χ1n) is 10.3. The summed E-state index contributed by atoms with van der Waals surface area (Å²) < 4.78 is 5.93. The predicted molar refractivity (Wildman–Crippen MR) is 116 cm³/mol. The molecule has 0 fully saturated rings. The summed E-state index contributed by atoms with van der Waals surface area (Å²) in [6.45, 7) is 8.68. The summed E-state index contributed by atoms with van der Waals surface area (Å²) in [5, 5.41) is 9.52. The van der Waals surface area contributed by atoms with Crippen molar-refractivity contribution in [3.63, 3.8) is 0 Å². The smallest absolute Gasteiger partial charge is 0.170 e. The third-order valence-electron chi connectivity index (χ3n) is 5.07. The summed E-state index contributed by atoms with van der Waals surface area (Å²) in [6.07, 6.45) is 13.4. The van der Waals surface area contributed by atoms with E-state index in [1.54, 1.807) is 12.1 Å². The van der Waals surface area contributed by atoms with Crippen molar-refractivity contribution in [1.29, 1.82) is 0 Å². The molecule has 1 N–H and O–H groups in total. The maximum Gasteiger partial charge on any atom is 0.170 e. The van der Waals surface area contributed by atoms with E-state index in [0.717, 1.165) is 38.5 Å². The van der Waals surface area contributed by atoms with Crippen LogP contribution in [-0.4, -0.2) is 17.0 Å². The average molecular weight is 383 g/mol. The van der Waals surface area contributed by atoms with Crippen LogP contribution in [0, 0.1) is 0 Å². The van der Waals surface area contributed by atoms with E-state index in [9.17, 15) is 9.90 Å². The summed E-state index contributed by atoms with van der Waals surface area (Å²) in [5.41, 5.74) is 4.73. The summed E-state index contributed by atoms with van der Waals surface area (Å²) in [4.78, 5) is 12.2. The van der Waals surface area contributed by atoms with Gasteiger partial charge < -0.3 is 9.84 Å². The number of phenolic OH excluding ortho intramolecular Hbond substituents is 1. The predicted octanol–water partition coefficient (Wildman–Crippen LogP) is 6.93. The van der Waals surface area contributed by atoms with Crippen LogP contribution in [0.15, 0.2) is 53.1 Å². The minimum absolute atomic E-state index is 0.0524. The summed E-state index contributed by atoms with van der Waals surface area (Å²) in [6, 6.07) is 4.74. The molecule has 2 rings (SSSR count). The highest BCUT2D eigenvalue weighted by Crippen LogP contribution is 2.31. The van der Waals surface area contributed by atoms with Gasteiger partial charge in [0.15, 0.2) is 5.78 Å². The highest BCUT2D eigenvalue weighted by Gasteiger charge is 2.26. The minimum atomic E-state index is -0.0780. The van der Waals surface area contributed by atoms with Gasteiger partial charge in [-0.15, -0.1) is 0 Å². The molecular formula is C25H34O3. The van der Waals surface area contributed by atoms with E-state index in [1.807, 2.05) is 0 Å². The van der Waals surface area contributed by atoms with Crippen molar-refractivity contribution in [2.75, 3.05) is 0 Å². The van der Waals surface area contributed by atoms with Crippen LogP contribution in [0.2, 0.25) is 0 Å². The molecule has 28 heavy (non-hydrogen) atoms. The zero-order valence-corrected chi connectivity index (χ0v) is 17.8. The van der Waals surface area contributed by atoms with Crippen molar-refractivity contribution >= 4 is 5.78 Å². The Balaban J connectivity index is 1.73. The molecule has 1 aliphatic heterocycles. The minimum Gasteiger partial charge on any atom is -0.508 e. The van der Waals surface area contributed by atoms with E-state index in [2.05, 4.69) is 45.9 Å². The fourth-order valence-electron chi connectivity index (χ4n) is 3.39. The normalized spacial score (nSPS) is 17.1. The molecule has 0 spiro atoms. The molecule has 0 saturated heterocycles. The summed E-state index contributed by atoms with van der Waals surface area (Å²) in [7, 11) is 0. The summed E-state index contributed by atoms with van der Waals surface area (Å²) in [5.74, 6) is 0.749. The van der Waals surface area contributed by atoms with Gasteiger partial charge in [-0.2, -0.15) is 0 Å². The Morgan fingerprint density at radius 2 is 1.68 bits per heavy atom. The van der Waals surface area contributed by atoms with Gasteiger partial charge in [0, 0.05) is 6.42 Å². The molecule has 0 bridgehead atoms. The largest absolute Gasteiger partial charge is 0.508 e. The molecule has 3 heteroatoms. The maximum absolute atomic E-state index is 12.2. The maximum atomic E-state index is 12.2. The lowest BCUT2D eigenvalue weighted by atomic mass is 9.97. The molecule has 152 valence electrons. The number of carbonyl (C=O) groups excluding carboxylic acids is 1. The molecule has 1 aromatic carbocycles. The number of Topliss-reactive ketones (excluding diaryl/α,β-unsaturated/α-hetero) is 1. The number of aromatic hydroxyl groups is 1. The third-order valence-corrected chi connectivity index (χ3v) is 5.07. The van der Waals surface area contributed by atoms with Crippen molar-refractivity contribution in [3.05, 3.63) is 58.7 Å². The number of hydrogen-bond acceptors (Lipinski definition) is 3. The first-order chi connectivity index (χ1) is 13.3. The molecule has 1 unspecified atom stereocenters. The molecule has 0 aliphatic carbocycles. The Hall–Kier alpha value is -2.29. The highest BCUT2D eigenvalue weighted by molar-refractivity contribution is 6.00. The zero-order valence-electron chi connectivity index (χ0n) is 17.8. The molecule has 1 aliphatic rings. The molecule has 1 aromatic rings. The lowest BCUT2D eigenvalue weighted by Crippen LogP contribution is -2.26. The zero-order chi connectivity index (χ0) is 20.5. The Kier molecular flexibility index (Phi) is 8.56. The van der Waals surface area contributed by atoms with E-state index < -0.39 is 0 Å². The molecule has 0 aromatic heterocycles. The second-order valence-corrected chi connectivity index (χ2v) is 8.08. The fraction of sp³-hybridized carbons (Fsp3) is 0.480. The van der Waals surface area contributed by atoms with Crippen molar-refractivity contribution in [1.82, 2.24) is 0 Å². The van der Waals surface area contributed by atoms with Crippen LogP contribution in [0.25, 0.3) is 0 Å². The molecule has 1 atom stereocenters. The molecule has 3 nitrogen and oxygen atoms in total. The third kappa shape index (κ3) is 7.38. The van der Waals surface area contributed by atoms with Gasteiger partial charge in [0.2, 0.25) is 0 Å². The second kappa shape index (κ2) is 10.9. The van der Waals surface area contributed by atoms with Crippen LogP contribution in [0.4, 0.5) is 0 Å². The van der Waals surface area contributed by atoms with Gasteiger partial charge in [0.05, 0.1) is 5.56 Å². The van der Waals surface area contributed by atoms with Gasteiger partial charge in [-0.25, -0.2) is 0 Å². The lowest BCUT2D eigenvalue weighted by molar-refractivity contribution is 0.0839. The van der Waals surface area contributed by atoms with Crippen molar-refractivity contribution < 1.29 is 14.6 Å². The molecule has 0 saturated carbocycles. The number of ether oxygens (including phenoxy) is 1. The lowest BCUT2D eigenvalue weighted by Gasteiger charge is -2.25. The molecular weight excluding hydrogens is 348 g/mol. The van der Waals surface area contributed by atoms with Crippen LogP contribution in [0.5, 0.6) is 11.5 Å². The standard InChI is InChI=1S/C25H34O3/c1-18(2)8-5-9-19(3)10-6-11-20(4)12-7-13-22-17-24(27)23-16-21(26)14-15-25(23)28-22/h8,10,12,14-16,22,26H,5-7,9,11,13,17H2,1-4H3/b19-10+,20-12+. The van der Waals surface area contributed by atoms with Gasteiger partial charge in [0.25, 0.3) is 0 Å². The Morgan fingerprint density at radius 1 is 1.04 bits per heavy atom. The highest BCUT2D eigenvalue weighted by atomic mass is 16.5. The average Bonchev–Trinajstić information content (AvgIpc) is 2.62. The number of ketones is 1. The van der Waals surface area contributed by atoms with Crippen molar-refractivity contribution in [2.45, 2.75) is 78.7 Å². The van der Waals surface area contributed by atoms with Crippen molar-refractivity contribution in [2.24, 2.45) is 0 Å². The number of phenols is 1. The van der Waals surface area contributed by atoms with Crippen molar-refractivity contribution in [3.8, 4) is 11.5 Å². The molecule has 1 heterocycles. The molecule has 0 radical (unpaired) electrons. The van der Waals surface area contributed by atoms with Gasteiger partial charge >= 0.3 is 0 Å². The van der Waals surface area contributed by atoms with Gasteiger partial charge in [-0.1, -0.05) is 34.9 Å². The first-order valence-corrected chi connectivity index (χ1v) is 10.3. The number of rotatable bonds is 9. The summed E-state index contributed by atoms with van der Waals surface area (Å²) >= 11 is 0. The Labute approximate surface area is 169 Å². The van der Waals surface area contributed by atoms with E-state index in [4.69, 9.17) is 4.74 Å². The number of carbonyl (C=O) groups is 1. The van der Waals surface area contributed by atoms with Crippen LogP contribution in [0.3, 0.4) is 0 Å². The van der Waals surface area contributed by atoms with E-state index in [-0.39, 0.29) is 17.6 Å². The topological polar surface area (TPSA) is 46.5 Å². The van der Waals surface area contributed by atoms with Crippen LogP contribution in [-0.2, 0) is 0 Å². The number of fused-ring (bicyclic) bond motifs is 1. The van der Waals surface area contributed by atoms with Crippen LogP contribution < -0.4 is 4.74 Å². The number of benzene rings is 1. The SMILES string of the molecule is CC(C)=CCC/C(C)=C/CC/C(C)=C/CCC1CC(=O)c2cc(O)ccc2O1. The van der Waals surface area contributed by atoms with Gasteiger partial charge in [-0.3, -0.25) is 4.79 Å². The second-order valence-electron chi connectivity index (χ2n) is 8.08. The first kappa shape index (κ1) is 22.0. The van der Waals surface area contributed by atoms with Gasteiger partial charge in [0.1, 0.15) is 17.6 Å². The van der Waals surface area contributed by atoms with Crippen LogP contribution >= 0.6 is 0 Å². The van der Waals surface area contributed by atoms with E-state index in [1.165, 1.54) is 22.8 Å². The number of allylic oxidation sites excluding steroid dienone is 6. The number of hydrogen-bond donors (Lipinski definition) is 1. The van der Waals surface area contributed by atoms with E-state index >= 15 is 0 Å². The monoisotopic (exact) mass is 382 g/mol. The van der Waals surface area contributed by atoms with E-state index in [0.29, 0.717) is 17.7 Å².